The number of aromatic nitrogens is 2. The Labute approximate surface area is 138 Å². The Morgan fingerprint density at radius 2 is 2.04 bits per heavy atom. The minimum atomic E-state index is -0.186. The van der Waals surface area contributed by atoms with Gasteiger partial charge in [-0.3, -0.25) is 4.79 Å². The van der Waals surface area contributed by atoms with Crippen LogP contribution in [0.1, 0.15) is 5.69 Å². The summed E-state index contributed by atoms with van der Waals surface area (Å²) in [5.41, 5.74) is 1.83. The van der Waals surface area contributed by atoms with Gasteiger partial charge in [0.1, 0.15) is 11.4 Å². The van der Waals surface area contributed by atoms with E-state index >= 15 is 0 Å². The standard InChI is InChI=1S/C17H16ClN3O2/c18-14-5-1-2-6-15(14)23-12-17(22)19-9-8-13-11-21-10-4-3-7-16(21)20-13/h1-7,10-11H,8-9,12H2,(H,19,22). The number of hydrogen-bond donors (Lipinski definition) is 1. The number of fused-ring (bicyclic) bond motifs is 1. The van der Waals surface area contributed by atoms with Crippen molar-refractivity contribution < 1.29 is 9.53 Å². The van der Waals surface area contributed by atoms with Crippen LogP contribution in [-0.4, -0.2) is 28.4 Å². The van der Waals surface area contributed by atoms with Crippen LogP contribution in [0.3, 0.4) is 0 Å². The van der Waals surface area contributed by atoms with E-state index in [1.807, 2.05) is 47.1 Å². The number of benzene rings is 1. The average molecular weight is 330 g/mol. The summed E-state index contributed by atoms with van der Waals surface area (Å²) in [5.74, 6) is 0.318. The van der Waals surface area contributed by atoms with Gasteiger partial charge in [0, 0.05) is 25.4 Å². The fourth-order valence-electron chi connectivity index (χ4n) is 2.19. The fraction of sp³-hybridized carbons (Fsp3) is 0.176. The topological polar surface area (TPSA) is 55.6 Å². The lowest BCUT2D eigenvalue weighted by Gasteiger charge is -2.08. The number of carbonyl (C=O) groups is 1. The summed E-state index contributed by atoms with van der Waals surface area (Å²) in [6.07, 6.45) is 4.57. The molecular formula is C17H16ClN3O2. The Kier molecular flexibility index (Phi) is 4.78. The second-order valence-corrected chi connectivity index (χ2v) is 5.42. The number of carbonyl (C=O) groups excluding carboxylic acids is 1. The maximum absolute atomic E-state index is 11.8. The molecule has 1 N–H and O–H groups in total. The molecule has 0 unspecified atom stereocenters. The number of ether oxygens (including phenoxy) is 1. The molecule has 1 aromatic carbocycles. The number of amides is 1. The van der Waals surface area contributed by atoms with Crippen LogP contribution in [0.4, 0.5) is 0 Å². The average Bonchev–Trinajstić information content (AvgIpc) is 2.97. The van der Waals surface area contributed by atoms with Crippen molar-refractivity contribution in [1.29, 1.82) is 0 Å². The summed E-state index contributed by atoms with van der Waals surface area (Å²) in [4.78, 5) is 16.3. The monoisotopic (exact) mass is 329 g/mol. The summed E-state index contributed by atoms with van der Waals surface area (Å²) in [5, 5.41) is 3.30. The number of rotatable bonds is 6. The van der Waals surface area contributed by atoms with Crippen LogP contribution in [0.2, 0.25) is 5.02 Å². The van der Waals surface area contributed by atoms with Crippen LogP contribution in [-0.2, 0) is 11.2 Å². The van der Waals surface area contributed by atoms with E-state index in [1.54, 1.807) is 12.1 Å². The van der Waals surface area contributed by atoms with Gasteiger partial charge in [-0.15, -0.1) is 0 Å². The van der Waals surface area contributed by atoms with Crippen molar-refractivity contribution in [1.82, 2.24) is 14.7 Å². The first-order valence-corrected chi connectivity index (χ1v) is 7.67. The van der Waals surface area contributed by atoms with Crippen molar-refractivity contribution >= 4 is 23.2 Å². The molecule has 0 aliphatic rings. The van der Waals surface area contributed by atoms with Gasteiger partial charge in [-0.2, -0.15) is 0 Å². The minimum Gasteiger partial charge on any atom is -0.482 e. The van der Waals surface area contributed by atoms with Crippen LogP contribution in [0, 0.1) is 0 Å². The Bertz CT molecular complexity index is 783. The molecule has 0 spiro atoms. The summed E-state index contributed by atoms with van der Waals surface area (Å²) < 4.78 is 7.34. The fourth-order valence-corrected chi connectivity index (χ4v) is 2.38. The summed E-state index contributed by atoms with van der Waals surface area (Å²) in [6.45, 7) is 0.448. The van der Waals surface area contributed by atoms with Gasteiger partial charge in [0.2, 0.25) is 0 Å². The molecule has 1 amide bonds. The van der Waals surface area contributed by atoms with Crippen LogP contribution < -0.4 is 10.1 Å². The largest absolute Gasteiger partial charge is 0.482 e. The number of pyridine rings is 1. The van der Waals surface area contributed by atoms with Crippen LogP contribution in [0.25, 0.3) is 5.65 Å². The van der Waals surface area contributed by atoms with Crippen molar-refractivity contribution in [3.05, 3.63) is 65.6 Å². The molecule has 118 valence electrons. The second kappa shape index (κ2) is 7.15. The zero-order valence-corrected chi connectivity index (χ0v) is 13.2. The van der Waals surface area contributed by atoms with Gasteiger partial charge >= 0.3 is 0 Å². The Morgan fingerprint density at radius 1 is 1.22 bits per heavy atom. The van der Waals surface area contributed by atoms with Crippen LogP contribution >= 0.6 is 11.6 Å². The lowest BCUT2D eigenvalue weighted by atomic mass is 10.3. The predicted octanol–water partition coefficient (Wildman–Crippen LogP) is 2.73. The third-order valence-electron chi connectivity index (χ3n) is 3.31. The van der Waals surface area contributed by atoms with Gasteiger partial charge in [-0.05, 0) is 24.3 Å². The molecule has 2 aromatic heterocycles. The summed E-state index contributed by atoms with van der Waals surface area (Å²) >= 11 is 5.96. The molecular weight excluding hydrogens is 314 g/mol. The van der Waals surface area contributed by atoms with E-state index in [0.717, 1.165) is 11.3 Å². The highest BCUT2D eigenvalue weighted by Crippen LogP contribution is 2.22. The molecule has 0 aliphatic heterocycles. The van der Waals surface area contributed by atoms with Crippen molar-refractivity contribution in [2.75, 3.05) is 13.2 Å². The Hall–Kier alpha value is -2.53. The van der Waals surface area contributed by atoms with Crippen molar-refractivity contribution in [3.8, 4) is 5.75 Å². The first-order chi connectivity index (χ1) is 11.2. The quantitative estimate of drug-likeness (QED) is 0.756. The number of nitrogens with one attached hydrogen (secondary N) is 1. The highest BCUT2D eigenvalue weighted by Gasteiger charge is 2.06. The van der Waals surface area contributed by atoms with Crippen LogP contribution in [0.15, 0.2) is 54.9 Å². The molecule has 0 aliphatic carbocycles. The molecule has 0 saturated carbocycles. The second-order valence-electron chi connectivity index (χ2n) is 5.02. The van der Waals surface area contributed by atoms with E-state index in [1.165, 1.54) is 0 Å². The van der Waals surface area contributed by atoms with Crippen LogP contribution in [0.5, 0.6) is 5.75 Å². The van der Waals surface area contributed by atoms with E-state index < -0.39 is 0 Å². The van der Waals surface area contributed by atoms with Crippen molar-refractivity contribution in [2.24, 2.45) is 0 Å². The van der Waals surface area contributed by atoms with Crippen molar-refractivity contribution in [3.63, 3.8) is 0 Å². The van der Waals surface area contributed by atoms with E-state index in [4.69, 9.17) is 16.3 Å². The van der Waals surface area contributed by atoms with Gasteiger partial charge in [0.05, 0.1) is 10.7 Å². The SMILES string of the molecule is O=C(COc1ccccc1Cl)NCCc1cn2ccccc2n1. The van der Waals surface area contributed by atoms with Crippen molar-refractivity contribution in [2.45, 2.75) is 6.42 Å². The van der Waals surface area contributed by atoms with Gasteiger partial charge < -0.3 is 14.5 Å². The number of halogens is 1. The molecule has 23 heavy (non-hydrogen) atoms. The van der Waals surface area contributed by atoms with Gasteiger partial charge in [0.25, 0.3) is 5.91 Å². The highest BCUT2D eigenvalue weighted by molar-refractivity contribution is 6.32. The Morgan fingerprint density at radius 3 is 2.87 bits per heavy atom. The minimum absolute atomic E-state index is 0.0606. The number of hydrogen-bond acceptors (Lipinski definition) is 3. The predicted molar refractivity (Wildman–Crippen MR) is 88.9 cm³/mol. The summed E-state index contributed by atoms with van der Waals surface area (Å²) in [7, 11) is 0. The lowest BCUT2D eigenvalue weighted by Crippen LogP contribution is -2.30. The number of para-hydroxylation sites is 1. The molecule has 0 atom stereocenters. The van der Waals surface area contributed by atoms with Gasteiger partial charge in [0.15, 0.2) is 6.61 Å². The van der Waals surface area contributed by atoms with Gasteiger partial charge in [-0.1, -0.05) is 29.8 Å². The number of nitrogens with zero attached hydrogens (tertiary/aromatic N) is 2. The van der Waals surface area contributed by atoms with E-state index in [0.29, 0.717) is 23.7 Å². The molecule has 6 heteroatoms. The molecule has 0 saturated heterocycles. The molecule has 0 radical (unpaired) electrons. The molecule has 5 nitrogen and oxygen atoms in total. The Balaban J connectivity index is 1.45. The molecule has 2 heterocycles. The van der Waals surface area contributed by atoms with E-state index in [9.17, 15) is 4.79 Å². The summed E-state index contributed by atoms with van der Waals surface area (Å²) in [6, 6.07) is 12.9. The lowest BCUT2D eigenvalue weighted by molar-refractivity contribution is -0.123. The smallest absolute Gasteiger partial charge is 0.257 e. The normalized spacial score (nSPS) is 10.7. The number of imidazole rings is 1. The van der Waals surface area contributed by atoms with E-state index in [2.05, 4.69) is 10.3 Å². The zero-order chi connectivity index (χ0) is 16.1. The third kappa shape index (κ3) is 4.02. The molecule has 0 bridgehead atoms. The third-order valence-corrected chi connectivity index (χ3v) is 3.62. The first-order valence-electron chi connectivity index (χ1n) is 7.29. The molecule has 0 fully saturated rings. The first kappa shape index (κ1) is 15.4. The molecule has 3 rings (SSSR count). The maximum Gasteiger partial charge on any atom is 0.257 e. The maximum atomic E-state index is 11.8. The van der Waals surface area contributed by atoms with E-state index in [-0.39, 0.29) is 12.5 Å². The van der Waals surface area contributed by atoms with Gasteiger partial charge in [-0.25, -0.2) is 4.98 Å². The molecule has 3 aromatic rings. The highest BCUT2D eigenvalue weighted by atomic mass is 35.5. The zero-order valence-electron chi connectivity index (χ0n) is 12.4.